The van der Waals surface area contributed by atoms with Crippen LogP contribution >= 0.6 is 0 Å². The van der Waals surface area contributed by atoms with Gasteiger partial charge in [0.15, 0.2) is 0 Å². The second-order valence-electron chi connectivity index (χ2n) is 7.20. The van der Waals surface area contributed by atoms with Crippen molar-refractivity contribution in [3.63, 3.8) is 0 Å². The first kappa shape index (κ1) is 17.5. The molecular weight excluding hydrogens is 336 g/mol. The van der Waals surface area contributed by atoms with Crippen LogP contribution in [0.3, 0.4) is 0 Å². The van der Waals surface area contributed by atoms with E-state index in [9.17, 15) is 4.79 Å². The first-order chi connectivity index (χ1) is 13.0. The largest absolute Gasteiger partial charge is 0.355 e. The van der Waals surface area contributed by atoms with Crippen molar-refractivity contribution in [2.24, 2.45) is 0 Å². The zero-order chi connectivity index (χ0) is 19.0. The molecule has 0 radical (unpaired) electrons. The van der Waals surface area contributed by atoms with Gasteiger partial charge in [-0.15, -0.1) is 0 Å². The highest BCUT2D eigenvalue weighted by Gasteiger charge is 2.24. The number of carbonyl (C=O) groups excluding carboxylic acids is 1. The molecule has 0 N–H and O–H groups in total. The van der Waals surface area contributed by atoms with Crippen molar-refractivity contribution < 1.29 is 4.79 Å². The first-order valence-electron chi connectivity index (χ1n) is 9.32. The minimum absolute atomic E-state index is 0.0996. The first-order valence-corrected chi connectivity index (χ1v) is 9.32. The molecule has 0 spiro atoms. The fourth-order valence-corrected chi connectivity index (χ4v) is 3.88. The third kappa shape index (κ3) is 3.37. The van der Waals surface area contributed by atoms with Crippen molar-refractivity contribution in [1.29, 1.82) is 0 Å². The van der Waals surface area contributed by atoms with Crippen LogP contribution in [0.15, 0.2) is 42.5 Å². The van der Waals surface area contributed by atoms with Gasteiger partial charge in [0.2, 0.25) is 5.91 Å². The molecule has 1 aliphatic rings. The molecule has 0 fully saturated rings. The van der Waals surface area contributed by atoms with Crippen molar-refractivity contribution in [3.05, 3.63) is 65.1 Å². The van der Waals surface area contributed by atoms with Gasteiger partial charge in [-0.05, 0) is 29.7 Å². The molecule has 138 valence electrons. The number of aryl methyl sites for hydroxylation is 1. The van der Waals surface area contributed by atoms with Gasteiger partial charge >= 0.3 is 0 Å². The predicted octanol–water partition coefficient (Wildman–Crippen LogP) is 3.48. The number of fused-ring (bicyclic) bond motifs is 2. The number of hydrogen-bond acceptors (Lipinski definition) is 4. The summed E-state index contributed by atoms with van der Waals surface area (Å²) in [5.74, 6) is 1.83. The summed E-state index contributed by atoms with van der Waals surface area (Å²) < 4.78 is 0. The van der Waals surface area contributed by atoms with Gasteiger partial charge in [-0.2, -0.15) is 0 Å². The lowest BCUT2D eigenvalue weighted by atomic mass is 10.0. The van der Waals surface area contributed by atoms with Crippen molar-refractivity contribution in [2.45, 2.75) is 33.4 Å². The standard InChI is InChI=1S/C22H24N4O/c1-15-23-21-14-26(16(2)27)12-11-20(21)22(24-15)25(3)13-18-9-6-8-17-7-4-5-10-19(17)18/h4-10H,11-14H2,1-3H3. The number of anilines is 1. The highest BCUT2D eigenvalue weighted by molar-refractivity contribution is 5.85. The molecule has 1 amide bonds. The summed E-state index contributed by atoms with van der Waals surface area (Å²) in [6.07, 6.45) is 0.796. The number of carbonyl (C=O) groups is 1. The van der Waals surface area contributed by atoms with Gasteiger partial charge in [0, 0.05) is 32.6 Å². The van der Waals surface area contributed by atoms with E-state index in [-0.39, 0.29) is 5.91 Å². The van der Waals surface area contributed by atoms with Gasteiger partial charge in [0.25, 0.3) is 0 Å². The molecule has 2 heterocycles. The third-order valence-electron chi connectivity index (χ3n) is 5.25. The molecule has 0 atom stereocenters. The number of hydrogen-bond donors (Lipinski definition) is 0. The van der Waals surface area contributed by atoms with E-state index in [1.807, 2.05) is 11.8 Å². The number of rotatable bonds is 3. The van der Waals surface area contributed by atoms with E-state index in [4.69, 9.17) is 4.98 Å². The Labute approximate surface area is 159 Å². The summed E-state index contributed by atoms with van der Waals surface area (Å²) in [6, 6.07) is 14.9. The molecule has 5 heteroatoms. The average Bonchev–Trinajstić information content (AvgIpc) is 2.67. The molecule has 2 aromatic carbocycles. The van der Waals surface area contributed by atoms with Crippen LogP contribution in [-0.2, 0) is 24.3 Å². The normalized spacial score (nSPS) is 13.5. The Morgan fingerprint density at radius 3 is 2.74 bits per heavy atom. The molecule has 1 aliphatic heterocycles. The Morgan fingerprint density at radius 2 is 1.93 bits per heavy atom. The number of benzene rings is 2. The molecule has 0 aliphatic carbocycles. The molecule has 3 aromatic rings. The Bertz CT molecular complexity index is 1010. The van der Waals surface area contributed by atoms with E-state index in [2.05, 4.69) is 59.4 Å². The zero-order valence-corrected chi connectivity index (χ0v) is 16.1. The Hall–Kier alpha value is -2.95. The molecule has 5 nitrogen and oxygen atoms in total. The smallest absolute Gasteiger partial charge is 0.219 e. The van der Waals surface area contributed by atoms with Crippen LogP contribution in [-0.4, -0.2) is 34.4 Å². The highest BCUT2D eigenvalue weighted by Crippen LogP contribution is 2.28. The van der Waals surface area contributed by atoms with Crippen molar-refractivity contribution in [1.82, 2.24) is 14.9 Å². The maximum Gasteiger partial charge on any atom is 0.219 e. The number of aromatic nitrogens is 2. The molecule has 0 saturated heterocycles. The van der Waals surface area contributed by atoms with Gasteiger partial charge < -0.3 is 9.80 Å². The molecule has 0 unspecified atom stereocenters. The van der Waals surface area contributed by atoms with Gasteiger partial charge in [0.05, 0.1) is 12.2 Å². The van der Waals surface area contributed by atoms with E-state index in [1.54, 1.807) is 6.92 Å². The number of nitrogens with zero attached hydrogens (tertiary/aromatic N) is 4. The van der Waals surface area contributed by atoms with E-state index in [1.165, 1.54) is 21.9 Å². The lowest BCUT2D eigenvalue weighted by Crippen LogP contribution is -2.36. The average molecular weight is 360 g/mol. The second kappa shape index (κ2) is 6.99. The molecule has 27 heavy (non-hydrogen) atoms. The van der Waals surface area contributed by atoms with Crippen LogP contribution < -0.4 is 4.90 Å². The Morgan fingerprint density at radius 1 is 1.15 bits per heavy atom. The molecule has 0 bridgehead atoms. The summed E-state index contributed by atoms with van der Waals surface area (Å²) in [4.78, 5) is 25.2. The minimum atomic E-state index is 0.0996. The Kier molecular flexibility index (Phi) is 4.52. The van der Waals surface area contributed by atoms with E-state index in [0.717, 1.165) is 36.8 Å². The fraction of sp³-hybridized carbons (Fsp3) is 0.318. The van der Waals surface area contributed by atoms with Crippen molar-refractivity contribution in [2.75, 3.05) is 18.5 Å². The lowest BCUT2D eigenvalue weighted by Gasteiger charge is -2.31. The second-order valence-corrected chi connectivity index (χ2v) is 7.20. The topological polar surface area (TPSA) is 49.3 Å². The third-order valence-corrected chi connectivity index (χ3v) is 5.25. The maximum absolute atomic E-state index is 11.8. The van der Waals surface area contributed by atoms with Gasteiger partial charge in [-0.25, -0.2) is 9.97 Å². The fourth-order valence-electron chi connectivity index (χ4n) is 3.88. The van der Waals surface area contributed by atoms with E-state index in [0.29, 0.717) is 6.54 Å². The van der Waals surface area contributed by atoms with Crippen LogP contribution in [0, 0.1) is 6.92 Å². The highest BCUT2D eigenvalue weighted by atomic mass is 16.2. The SMILES string of the molecule is CC(=O)N1CCc2c(nc(C)nc2N(C)Cc2cccc3ccccc23)C1. The van der Waals surface area contributed by atoms with Crippen LogP contribution in [0.25, 0.3) is 10.8 Å². The Balaban J connectivity index is 1.68. The van der Waals surface area contributed by atoms with Crippen molar-refractivity contribution in [3.8, 4) is 0 Å². The number of amides is 1. The summed E-state index contributed by atoms with van der Waals surface area (Å²) in [7, 11) is 2.08. The van der Waals surface area contributed by atoms with E-state index < -0.39 is 0 Å². The summed E-state index contributed by atoms with van der Waals surface area (Å²) >= 11 is 0. The molecular formula is C22H24N4O. The van der Waals surface area contributed by atoms with Gasteiger partial charge in [0.1, 0.15) is 11.6 Å². The molecule has 0 saturated carbocycles. The van der Waals surface area contributed by atoms with Crippen LogP contribution in [0.4, 0.5) is 5.82 Å². The van der Waals surface area contributed by atoms with Gasteiger partial charge in [-0.3, -0.25) is 4.79 Å². The zero-order valence-electron chi connectivity index (χ0n) is 16.1. The van der Waals surface area contributed by atoms with Crippen LogP contribution in [0.2, 0.25) is 0 Å². The molecule has 4 rings (SSSR count). The van der Waals surface area contributed by atoms with Crippen LogP contribution in [0.5, 0.6) is 0 Å². The quantitative estimate of drug-likeness (QED) is 0.717. The van der Waals surface area contributed by atoms with Crippen LogP contribution in [0.1, 0.15) is 29.6 Å². The van der Waals surface area contributed by atoms with Crippen molar-refractivity contribution >= 4 is 22.5 Å². The monoisotopic (exact) mass is 360 g/mol. The lowest BCUT2D eigenvalue weighted by molar-refractivity contribution is -0.129. The molecule has 1 aromatic heterocycles. The summed E-state index contributed by atoms with van der Waals surface area (Å²) in [6.45, 7) is 5.61. The van der Waals surface area contributed by atoms with E-state index >= 15 is 0 Å². The minimum Gasteiger partial charge on any atom is -0.355 e. The summed E-state index contributed by atoms with van der Waals surface area (Å²) in [5.41, 5.74) is 3.42. The predicted molar refractivity (Wildman–Crippen MR) is 108 cm³/mol. The summed E-state index contributed by atoms with van der Waals surface area (Å²) in [5, 5.41) is 2.52. The maximum atomic E-state index is 11.8. The van der Waals surface area contributed by atoms with Gasteiger partial charge in [-0.1, -0.05) is 42.5 Å².